The van der Waals surface area contributed by atoms with Crippen molar-refractivity contribution in [1.82, 2.24) is 4.90 Å². The zero-order chi connectivity index (χ0) is 16.6. The van der Waals surface area contributed by atoms with Gasteiger partial charge in [0.25, 0.3) is 11.1 Å². The Labute approximate surface area is 139 Å². The third-order valence-electron chi connectivity index (χ3n) is 3.70. The summed E-state index contributed by atoms with van der Waals surface area (Å²) in [6, 6.07) is 9.69. The van der Waals surface area contributed by atoms with Crippen molar-refractivity contribution in [2.45, 2.75) is 27.3 Å². The van der Waals surface area contributed by atoms with Crippen molar-refractivity contribution in [1.29, 1.82) is 0 Å². The normalized spacial score (nSPS) is 16.7. The van der Waals surface area contributed by atoms with Crippen LogP contribution in [0.1, 0.15) is 28.2 Å². The van der Waals surface area contributed by atoms with E-state index >= 15 is 0 Å². The van der Waals surface area contributed by atoms with Gasteiger partial charge in [0.15, 0.2) is 0 Å². The maximum Gasteiger partial charge on any atom is 0.293 e. The Balaban J connectivity index is 1.82. The second kappa shape index (κ2) is 6.08. The van der Waals surface area contributed by atoms with Crippen molar-refractivity contribution in [3.8, 4) is 0 Å². The lowest BCUT2D eigenvalue weighted by Crippen LogP contribution is -2.27. The number of carbonyl (C=O) groups excluding carboxylic acids is 2. The quantitative estimate of drug-likeness (QED) is 0.782. The number of hydrogen-bond acceptors (Lipinski definition) is 4. The van der Waals surface area contributed by atoms with Crippen LogP contribution in [-0.2, 0) is 11.3 Å². The summed E-state index contributed by atoms with van der Waals surface area (Å²) in [5.41, 5.74) is 2.92. The predicted octanol–water partition coefficient (Wildman–Crippen LogP) is 4.44. The molecule has 1 fully saturated rings. The summed E-state index contributed by atoms with van der Waals surface area (Å²) in [6.45, 7) is 6.00. The highest BCUT2D eigenvalue weighted by atomic mass is 32.2. The molecule has 4 nitrogen and oxygen atoms in total. The molecule has 0 unspecified atom stereocenters. The lowest BCUT2D eigenvalue weighted by Gasteiger charge is -2.12. The number of hydrogen-bond donors (Lipinski definition) is 0. The van der Waals surface area contributed by atoms with E-state index in [1.807, 2.05) is 51.1 Å². The Bertz CT molecular complexity index is 802. The van der Waals surface area contributed by atoms with Crippen LogP contribution in [0.25, 0.3) is 6.08 Å². The van der Waals surface area contributed by atoms with Gasteiger partial charge in [-0.2, -0.15) is 0 Å². The summed E-state index contributed by atoms with van der Waals surface area (Å²) in [5, 5.41) is -0.236. The van der Waals surface area contributed by atoms with Gasteiger partial charge in [-0.15, -0.1) is 0 Å². The maximum atomic E-state index is 12.5. The monoisotopic (exact) mass is 327 g/mol. The number of benzene rings is 1. The molecule has 1 aliphatic heterocycles. The zero-order valence-corrected chi connectivity index (χ0v) is 14.1. The highest BCUT2D eigenvalue weighted by Crippen LogP contribution is 2.34. The maximum absolute atomic E-state index is 12.5. The first-order valence-electron chi connectivity index (χ1n) is 7.32. The first kappa shape index (κ1) is 15.6. The number of carbonyl (C=O) groups is 2. The summed E-state index contributed by atoms with van der Waals surface area (Å²) in [5.74, 6) is 1.28. The minimum Gasteiger partial charge on any atom is -0.466 e. The van der Waals surface area contributed by atoms with Gasteiger partial charge in [-0.3, -0.25) is 14.5 Å². The first-order chi connectivity index (χ1) is 10.9. The molecule has 0 N–H and O–H groups in total. The Morgan fingerprint density at radius 2 is 1.83 bits per heavy atom. The van der Waals surface area contributed by atoms with Crippen LogP contribution in [0.2, 0.25) is 0 Å². The van der Waals surface area contributed by atoms with Crippen LogP contribution in [0.15, 0.2) is 39.7 Å². The van der Waals surface area contributed by atoms with Crippen LogP contribution in [0, 0.1) is 20.8 Å². The SMILES string of the molecule is Cc1ccc(CN2C(=O)S/C(=C\c3cc(C)oc3C)C2=O)cc1. The van der Waals surface area contributed by atoms with Crippen LogP contribution in [0.4, 0.5) is 4.79 Å². The van der Waals surface area contributed by atoms with Crippen LogP contribution in [0.5, 0.6) is 0 Å². The Kier molecular flexibility index (Phi) is 4.13. The summed E-state index contributed by atoms with van der Waals surface area (Å²) < 4.78 is 5.46. The van der Waals surface area contributed by atoms with Crippen LogP contribution in [0.3, 0.4) is 0 Å². The smallest absolute Gasteiger partial charge is 0.293 e. The first-order valence-corrected chi connectivity index (χ1v) is 8.13. The molecular formula is C18H17NO3S. The van der Waals surface area contributed by atoms with Gasteiger partial charge in [0.2, 0.25) is 0 Å². The van der Waals surface area contributed by atoms with Crippen molar-refractivity contribution < 1.29 is 14.0 Å². The van der Waals surface area contributed by atoms with E-state index in [1.165, 1.54) is 4.90 Å². The number of imide groups is 1. The average Bonchev–Trinajstić information content (AvgIpc) is 2.95. The van der Waals surface area contributed by atoms with Crippen LogP contribution in [-0.4, -0.2) is 16.0 Å². The van der Waals surface area contributed by atoms with E-state index in [1.54, 1.807) is 6.08 Å². The number of aryl methyl sites for hydroxylation is 3. The standard InChI is InChI=1S/C18H17NO3S/c1-11-4-6-14(7-5-11)10-19-17(20)16(23-18(19)21)9-15-8-12(2)22-13(15)3/h4-9H,10H2,1-3H3/b16-9-. The third kappa shape index (κ3) is 3.24. The summed E-state index contributed by atoms with van der Waals surface area (Å²) >= 11 is 0.974. The zero-order valence-electron chi connectivity index (χ0n) is 13.3. The van der Waals surface area contributed by atoms with E-state index in [4.69, 9.17) is 4.42 Å². The van der Waals surface area contributed by atoms with Crippen molar-refractivity contribution in [2.75, 3.05) is 0 Å². The Morgan fingerprint density at radius 3 is 2.43 bits per heavy atom. The highest BCUT2D eigenvalue weighted by Gasteiger charge is 2.35. The van der Waals surface area contributed by atoms with Crippen molar-refractivity contribution in [3.63, 3.8) is 0 Å². The molecule has 23 heavy (non-hydrogen) atoms. The van der Waals surface area contributed by atoms with E-state index in [0.29, 0.717) is 11.4 Å². The molecule has 1 saturated heterocycles. The van der Waals surface area contributed by atoms with Crippen molar-refractivity contribution >= 4 is 29.0 Å². The number of rotatable bonds is 3. The van der Waals surface area contributed by atoms with E-state index in [0.717, 1.165) is 40.0 Å². The second-order valence-corrected chi connectivity index (χ2v) is 6.62. The molecule has 0 aliphatic carbocycles. The molecule has 0 spiro atoms. The van der Waals surface area contributed by atoms with Gasteiger partial charge in [-0.1, -0.05) is 29.8 Å². The molecule has 0 radical (unpaired) electrons. The van der Waals surface area contributed by atoms with Crippen molar-refractivity contribution in [3.05, 3.63) is 63.4 Å². The molecular weight excluding hydrogens is 310 g/mol. The summed E-state index contributed by atoms with van der Waals surface area (Å²) in [6.07, 6.45) is 1.73. The van der Waals surface area contributed by atoms with Gasteiger partial charge in [0, 0.05) is 5.56 Å². The summed E-state index contributed by atoms with van der Waals surface area (Å²) in [4.78, 5) is 26.4. The van der Waals surface area contributed by atoms with E-state index in [2.05, 4.69) is 0 Å². The molecule has 3 rings (SSSR count). The lowest BCUT2D eigenvalue weighted by atomic mass is 10.1. The van der Waals surface area contributed by atoms with E-state index in [-0.39, 0.29) is 11.1 Å². The van der Waals surface area contributed by atoms with Crippen LogP contribution >= 0.6 is 11.8 Å². The van der Waals surface area contributed by atoms with E-state index in [9.17, 15) is 9.59 Å². The van der Waals surface area contributed by atoms with Gasteiger partial charge < -0.3 is 4.42 Å². The average molecular weight is 327 g/mol. The van der Waals surface area contributed by atoms with Gasteiger partial charge >= 0.3 is 0 Å². The minimum absolute atomic E-state index is 0.236. The Hall–Kier alpha value is -2.27. The molecule has 0 bridgehead atoms. The molecule has 2 aromatic rings. The van der Waals surface area contributed by atoms with Gasteiger partial charge in [0.1, 0.15) is 11.5 Å². The molecule has 5 heteroatoms. The number of furan rings is 1. The third-order valence-corrected chi connectivity index (χ3v) is 4.61. The largest absolute Gasteiger partial charge is 0.466 e. The van der Waals surface area contributed by atoms with Crippen molar-refractivity contribution in [2.24, 2.45) is 0 Å². The van der Waals surface area contributed by atoms with Crippen LogP contribution < -0.4 is 0 Å². The fourth-order valence-corrected chi connectivity index (χ4v) is 3.28. The van der Waals surface area contributed by atoms with Gasteiger partial charge in [-0.25, -0.2) is 0 Å². The molecule has 2 amide bonds. The van der Waals surface area contributed by atoms with Gasteiger partial charge in [0.05, 0.1) is 11.4 Å². The van der Waals surface area contributed by atoms with Gasteiger partial charge in [-0.05, 0) is 50.2 Å². The molecule has 0 atom stereocenters. The van der Waals surface area contributed by atoms with E-state index < -0.39 is 0 Å². The fraction of sp³-hybridized carbons (Fsp3) is 0.222. The fourth-order valence-electron chi connectivity index (χ4n) is 2.45. The number of amides is 2. The second-order valence-electron chi connectivity index (χ2n) is 5.62. The number of thioether (sulfide) groups is 1. The molecule has 0 saturated carbocycles. The minimum atomic E-state index is -0.251. The predicted molar refractivity (Wildman–Crippen MR) is 90.9 cm³/mol. The molecule has 2 heterocycles. The topological polar surface area (TPSA) is 50.5 Å². The Morgan fingerprint density at radius 1 is 1.13 bits per heavy atom. The highest BCUT2D eigenvalue weighted by molar-refractivity contribution is 8.18. The molecule has 1 aromatic heterocycles. The molecule has 1 aliphatic rings. The molecule has 1 aromatic carbocycles. The lowest BCUT2D eigenvalue weighted by molar-refractivity contribution is -0.123. The number of nitrogens with zero attached hydrogens (tertiary/aromatic N) is 1. The molecule has 118 valence electrons. The summed E-state index contributed by atoms with van der Waals surface area (Å²) in [7, 11) is 0.